The van der Waals surface area contributed by atoms with Crippen LogP contribution in [0.15, 0.2) is 24.5 Å². The van der Waals surface area contributed by atoms with Gasteiger partial charge < -0.3 is 10.6 Å². The van der Waals surface area contributed by atoms with Crippen LogP contribution in [0, 0.1) is 0 Å². The van der Waals surface area contributed by atoms with Gasteiger partial charge in [0.05, 0.1) is 17.4 Å². The fourth-order valence-electron chi connectivity index (χ4n) is 3.82. The smallest absolute Gasteiger partial charge is 0.272 e. The Bertz CT molecular complexity index is 1120. The second-order valence-electron chi connectivity index (χ2n) is 7.64. The van der Waals surface area contributed by atoms with Gasteiger partial charge in [-0.05, 0) is 30.7 Å². The maximum atomic E-state index is 14.4. The lowest BCUT2D eigenvalue weighted by Gasteiger charge is -2.27. The first-order valence-corrected chi connectivity index (χ1v) is 10.3. The number of halogens is 5. The van der Waals surface area contributed by atoms with Gasteiger partial charge in [0.1, 0.15) is 12.2 Å². The first kappa shape index (κ1) is 19.8. The number of piperidine rings is 1. The summed E-state index contributed by atoms with van der Waals surface area (Å²) in [6.45, 7) is 1.01. The molecule has 1 aromatic carbocycles. The molecule has 0 spiro atoms. The Balaban J connectivity index is 1.44. The van der Waals surface area contributed by atoms with Crippen molar-refractivity contribution in [2.24, 2.45) is 0 Å². The van der Waals surface area contributed by atoms with E-state index in [0.717, 1.165) is 11.2 Å². The number of aromatic nitrogens is 4. The van der Waals surface area contributed by atoms with Gasteiger partial charge in [0.25, 0.3) is 5.92 Å². The minimum atomic E-state index is -2.79. The average molecular weight is 457 g/mol. The van der Waals surface area contributed by atoms with E-state index in [9.17, 15) is 13.2 Å². The summed E-state index contributed by atoms with van der Waals surface area (Å²) in [6, 6.07) is 2.48. The molecule has 0 amide bonds. The molecule has 2 aliphatic rings. The maximum Gasteiger partial charge on any atom is 0.272 e. The molecule has 1 saturated carbocycles. The molecule has 11 heteroatoms. The number of nitrogens with one attached hydrogen (secondary N) is 2. The van der Waals surface area contributed by atoms with Crippen LogP contribution in [0.3, 0.4) is 0 Å². The predicted molar refractivity (Wildman–Crippen MR) is 109 cm³/mol. The number of fused-ring (bicyclic) bond motifs is 1. The molecule has 3 atom stereocenters. The molecule has 2 N–H and O–H groups in total. The summed E-state index contributed by atoms with van der Waals surface area (Å²) < 4.78 is 42.1. The van der Waals surface area contributed by atoms with Gasteiger partial charge in [-0.15, -0.1) is 0 Å². The molecule has 3 aromatic rings. The van der Waals surface area contributed by atoms with Crippen LogP contribution >= 0.6 is 23.2 Å². The molecular weight excluding hydrogens is 440 g/mol. The van der Waals surface area contributed by atoms with Crippen LogP contribution < -0.4 is 10.6 Å². The maximum absolute atomic E-state index is 14.4. The normalized spacial score (nSPS) is 25.4. The number of hydrogen-bond donors (Lipinski definition) is 2. The molecule has 3 heterocycles. The lowest BCUT2D eigenvalue weighted by Crippen LogP contribution is -2.36. The summed E-state index contributed by atoms with van der Waals surface area (Å²) in [6.07, 6.45) is 2.28. The van der Waals surface area contributed by atoms with Crippen molar-refractivity contribution in [1.29, 1.82) is 0 Å². The Labute approximate surface area is 179 Å². The number of benzene rings is 1. The molecule has 0 bridgehead atoms. The van der Waals surface area contributed by atoms with Gasteiger partial charge in [-0.2, -0.15) is 5.10 Å². The second kappa shape index (κ2) is 7.25. The summed E-state index contributed by atoms with van der Waals surface area (Å²) >= 11 is 12.6. The first-order valence-electron chi connectivity index (χ1n) is 9.52. The minimum Gasteiger partial charge on any atom is -0.320 e. The van der Waals surface area contributed by atoms with Gasteiger partial charge in [-0.1, -0.05) is 23.2 Å². The zero-order chi connectivity index (χ0) is 21.0. The van der Waals surface area contributed by atoms with Crippen molar-refractivity contribution in [2.75, 3.05) is 18.4 Å². The molecule has 1 aliphatic carbocycles. The number of hydrogen-bond acceptors (Lipinski definition) is 5. The Morgan fingerprint density at radius 3 is 2.77 bits per heavy atom. The highest BCUT2D eigenvalue weighted by Crippen LogP contribution is 2.53. The predicted octanol–water partition coefficient (Wildman–Crippen LogP) is 4.87. The minimum absolute atomic E-state index is 0.0626. The zero-order valence-corrected chi connectivity index (χ0v) is 17.1. The number of rotatable bonds is 4. The standard InChI is InChI=1S/C19H17Cl2F3N6/c20-12-3-9-6-26-18(28-14(9)4-11(12)10-1-2-25-7-13(10)22)29-15-8-27-30(17(15)21)16-5-19(16,23)24/h3-4,6,8,10,13,16,25H,1-2,5,7H2,(H,26,28,29)/t10-,13+,16+/m0/s1. The van der Waals surface area contributed by atoms with Crippen molar-refractivity contribution in [1.82, 2.24) is 25.1 Å². The van der Waals surface area contributed by atoms with Crippen LogP contribution in [-0.2, 0) is 0 Å². The van der Waals surface area contributed by atoms with Crippen LogP contribution in [-0.4, -0.2) is 44.9 Å². The summed E-state index contributed by atoms with van der Waals surface area (Å²) in [5, 5.41) is 11.1. The van der Waals surface area contributed by atoms with Crippen molar-refractivity contribution >= 4 is 45.7 Å². The summed E-state index contributed by atoms with van der Waals surface area (Å²) in [4.78, 5) is 8.70. The Hall–Kier alpha value is -2.10. The van der Waals surface area contributed by atoms with Gasteiger partial charge in [0.2, 0.25) is 5.95 Å². The van der Waals surface area contributed by atoms with Crippen molar-refractivity contribution in [2.45, 2.75) is 36.9 Å². The van der Waals surface area contributed by atoms with Gasteiger partial charge >= 0.3 is 0 Å². The average Bonchev–Trinajstić information content (AvgIpc) is 3.19. The first-order chi connectivity index (χ1) is 14.3. The molecule has 2 fully saturated rings. The summed E-state index contributed by atoms with van der Waals surface area (Å²) in [5.74, 6) is -2.87. The molecule has 30 heavy (non-hydrogen) atoms. The number of alkyl halides is 3. The molecule has 1 aliphatic heterocycles. The highest BCUT2D eigenvalue weighted by Gasteiger charge is 2.59. The molecule has 5 rings (SSSR count). The van der Waals surface area contributed by atoms with Crippen molar-refractivity contribution in [3.8, 4) is 0 Å². The third-order valence-corrected chi connectivity index (χ3v) is 6.28. The summed E-state index contributed by atoms with van der Waals surface area (Å²) in [5.41, 5.74) is 1.63. The molecule has 1 saturated heterocycles. The van der Waals surface area contributed by atoms with Gasteiger partial charge in [-0.25, -0.2) is 27.8 Å². The van der Waals surface area contributed by atoms with E-state index in [2.05, 4.69) is 25.7 Å². The van der Waals surface area contributed by atoms with Crippen LogP contribution in [0.5, 0.6) is 0 Å². The van der Waals surface area contributed by atoms with Crippen LogP contribution in [0.4, 0.5) is 24.8 Å². The Morgan fingerprint density at radius 2 is 2.03 bits per heavy atom. The van der Waals surface area contributed by atoms with Crippen molar-refractivity contribution in [3.05, 3.63) is 40.3 Å². The third kappa shape index (κ3) is 3.48. The molecule has 0 unspecified atom stereocenters. The zero-order valence-electron chi connectivity index (χ0n) is 15.5. The van der Waals surface area contributed by atoms with E-state index in [1.807, 2.05) is 0 Å². The number of nitrogens with zero attached hydrogens (tertiary/aromatic N) is 4. The Morgan fingerprint density at radius 1 is 1.23 bits per heavy atom. The van der Waals surface area contributed by atoms with E-state index in [1.54, 1.807) is 18.3 Å². The fraction of sp³-hybridized carbons (Fsp3) is 0.421. The molecule has 158 valence electrons. The van der Waals surface area contributed by atoms with E-state index in [0.29, 0.717) is 33.6 Å². The van der Waals surface area contributed by atoms with Crippen LogP contribution in [0.2, 0.25) is 10.2 Å². The van der Waals surface area contributed by atoms with E-state index in [4.69, 9.17) is 23.2 Å². The monoisotopic (exact) mass is 456 g/mol. The van der Waals surface area contributed by atoms with Crippen LogP contribution in [0.25, 0.3) is 10.9 Å². The third-order valence-electron chi connectivity index (χ3n) is 5.58. The SMILES string of the molecule is F[C@@H]1CNCC[C@H]1c1cc2nc(Nc3cnn([C@@H]4CC4(F)F)c3Cl)ncc2cc1Cl. The van der Waals surface area contributed by atoms with E-state index >= 15 is 0 Å². The van der Waals surface area contributed by atoms with E-state index < -0.39 is 18.1 Å². The number of anilines is 2. The second-order valence-corrected chi connectivity index (χ2v) is 8.41. The highest BCUT2D eigenvalue weighted by molar-refractivity contribution is 6.32. The topological polar surface area (TPSA) is 67.7 Å². The van der Waals surface area contributed by atoms with Crippen LogP contribution in [0.1, 0.15) is 30.4 Å². The largest absolute Gasteiger partial charge is 0.320 e. The summed E-state index contributed by atoms with van der Waals surface area (Å²) in [7, 11) is 0. The van der Waals surface area contributed by atoms with E-state index in [-0.39, 0.29) is 30.0 Å². The lowest BCUT2D eigenvalue weighted by molar-refractivity contribution is 0.0984. The highest BCUT2D eigenvalue weighted by atomic mass is 35.5. The van der Waals surface area contributed by atoms with E-state index in [1.165, 1.54) is 6.20 Å². The molecular formula is C19H17Cl2F3N6. The van der Waals surface area contributed by atoms with Crippen molar-refractivity contribution in [3.63, 3.8) is 0 Å². The van der Waals surface area contributed by atoms with Crippen molar-refractivity contribution < 1.29 is 13.2 Å². The lowest BCUT2D eigenvalue weighted by atomic mass is 9.88. The van der Waals surface area contributed by atoms with Gasteiger partial charge in [0, 0.05) is 35.5 Å². The van der Waals surface area contributed by atoms with Gasteiger partial charge in [-0.3, -0.25) is 0 Å². The molecule has 0 radical (unpaired) electrons. The van der Waals surface area contributed by atoms with Gasteiger partial charge in [0.15, 0.2) is 5.15 Å². The quantitative estimate of drug-likeness (QED) is 0.585. The fourth-order valence-corrected chi connectivity index (χ4v) is 4.39. The molecule has 2 aromatic heterocycles. The Kier molecular flexibility index (Phi) is 4.79. The molecule has 6 nitrogen and oxygen atoms in total.